The lowest BCUT2D eigenvalue weighted by Crippen LogP contribution is -2.00. The highest BCUT2D eigenvalue weighted by molar-refractivity contribution is 9.10. The Morgan fingerprint density at radius 1 is 1.23 bits per heavy atom. The van der Waals surface area contributed by atoms with Crippen molar-refractivity contribution in [2.75, 3.05) is 11.1 Å². The van der Waals surface area contributed by atoms with Gasteiger partial charge in [0.15, 0.2) is 0 Å². The Morgan fingerprint density at radius 3 is 2.77 bits per heavy atom. The van der Waals surface area contributed by atoms with Crippen LogP contribution in [0.3, 0.4) is 0 Å². The number of nitrogen functional groups attached to an aromatic ring is 1. The molecule has 1 aromatic heterocycles. The summed E-state index contributed by atoms with van der Waals surface area (Å²) < 4.78 is 0.908. The molecule has 0 radical (unpaired) electrons. The van der Waals surface area contributed by atoms with Crippen LogP contribution < -0.4 is 11.1 Å². The van der Waals surface area contributed by atoms with Crippen molar-refractivity contribution in [1.82, 2.24) is 9.97 Å². The van der Waals surface area contributed by atoms with Crippen LogP contribution in [0.1, 0.15) is 0 Å². The molecule has 0 aliphatic carbocycles. The number of halogens is 1. The normalized spacial score (nSPS) is 10.6. The monoisotopic (exact) mass is 359 g/mol. The summed E-state index contributed by atoms with van der Waals surface area (Å²) in [5.41, 5.74) is 6.93. The van der Waals surface area contributed by atoms with Crippen molar-refractivity contribution >= 4 is 49.7 Å². The van der Waals surface area contributed by atoms with E-state index in [0.29, 0.717) is 16.7 Å². The number of nitro benzene ring substituents is 1. The Balaban J connectivity index is 2.13. The molecule has 0 atom stereocenters. The Hall–Kier alpha value is -2.74. The Labute approximate surface area is 133 Å². The molecule has 0 bridgehead atoms. The molecule has 0 unspecified atom stereocenters. The van der Waals surface area contributed by atoms with E-state index in [2.05, 4.69) is 31.2 Å². The molecule has 0 aliphatic rings. The van der Waals surface area contributed by atoms with Gasteiger partial charge in [-0.1, -0.05) is 22.0 Å². The first-order chi connectivity index (χ1) is 10.5. The molecular weight excluding hydrogens is 350 g/mol. The first-order valence-electron chi connectivity index (χ1n) is 6.26. The van der Waals surface area contributed by atoms with Crippen molar-refractivity contribution in [3.63, 3.8) is 0 Å². The second kappa shape index (κ2) is 5.57. The first kappa shape index (κ1) is 14.2. The number of hydrogen-bond acceptors (Lipinski definition) is 6. The molecule has 0 fully saturated rings. The average Bonchev–Trinajstić information content (AvgIpc) is 2.46. The lowest BCUT2D eigenvalue weighted by molar-refractivity contribution is -0.383. The molecule has 3 N–H and O–H groups in total. The Bertz CT molecular complexity index is 884. The number of anilines is 3. The zero-order chi connectivity index (χ0) is 15.7. The van der Waals surface area contributed by atoms with Crippen LogP contribution in [-0.4, -0.2) is 14.9 Å². The highest BCUT2D eigenvalue weighted by Crippen LogP contribution is 2.31. The third-order valence-electron chi connectivity index (χ3n) is 3.07. The van der Waals surface area contributed by atoms with Crippen molar-refractivity contribution in [2.24, 2.45) is 0 Å². The molecule has 7 nitrogen and oxygen atoms in total. The van der Waals surface area contributed by atoms with Gasteiger partial charge in [-0.3, -0.25) is 10.1 Å². The lowest BCUT2D eigenvalue weighted by Gasteiger charge is -2.09. The van der Waals surface area contributed by atoms with E-state index in [1.807, 2.05) is 24.3 Å². The topological polar surface area (TPSA) is 107 Å². The molecule has 3 rings (SSSR count). The van der Waals surface area contributed by atoms with Crippen LogP contribution in [0.4, 0.5) is 22.9 Å². The minimum atomic E-state index is -0.523. The standard InChI is InChI=1S/C14H10BrN5O2/c15-8-2-1-3-9(4-8)19-14-10-5-13(20(21)22)11(16)6-12(10)17-7-18-14/h1-7H,16H2,(H,17,18,19). The van der Waals surface area contributed by atoms with Crippen molar-refractivity contribution in [3.8, 4) is 0 Å². The fraction of sp³-hybridized carbons (Fsp3) is 0. The molecule has 0 spiro atoms. The van der Waals surface area contributed by atoms with E-state index in [-0.39, 0.29) is 11.4 Å². The van der Waals surface area contributed by atoms with Crippen LogP contribution in [0.5, 0.6) is 0 Å². The lowest BCUT2D eigenvalue weighted by atomic mass is 10.2. The second-order valence-electron chi connectivity index (χ2n) is 4.54. The van der Waals surface area contributed by atoms with Gasteiger partial charge in [0.1, 0.15) is 17.8 Å². The summed E-state index contributed by atoms with van der Waals surface area (Å²) in [6, 6.07) is 10.4. The van der Waals surface area contributed by atoms with E-state index in [1.165, 1.54) is 18.5 Å². The quantitative estimate of drug-likeness (QED) is 0.420. The van der Waals surface area contributed by atoms with Gasteiger partial charge in [0.25, 0.3) is 5.69 Å². The van der Waals surface area contributed by atoms with Crippen LogP contribution in [0.2, 0.25) is 0 Å². The summed E-state index contributed by atoms with van der Waals surface area (Å²) >= 11 is 3.39. The fourth-order valence-electron chi connectivity index (χ4n) is 2.07. The van der Waals surface area contributed by atoms with E-state index in [0.717, 1.165) is 10.2 Å². The van der Waals surface area contributed by atoms with E-state index in [9.17, 15) is 10.1 Å². The largest absolute Gasteiger partial charge is 0.393 e. The van der Waals surface area contributed by atoms with Crippen LogP contribution in [0.25, 0.3) is 10.9 Å². The molecule has 1 heterocycles. The number of fused-ring (bicyclic) bond motifs is 1. The predicted octanol–water partition coefficient (Wildman–Crippen LogP) is 3.63. The van der Waals surface area contributed by atoms with Crippen molar-refractivity contribution < 1.29 is 4.92 Å². The van der Waals surface area contributed by atoms with Gasteiger partial charge in [0, 0.05) is 21.6 Å². The number of nitrogens with two attached hydrogens (primary N) is 1. The second-order valence-corrected chi connectivity index (χ2v) is 5.46. The third kappa shape index (κ3) is 2.68. The summed E-state index contributed by atoms with van der Waals surface area (Å²) in [6.07, 6.45) is 1.38. The molecule has 22 heavy (non-hydrogen) atoms. The molecular formula is C14H10BrN5O2. The number of hydrogen-bond donors (Lipinski definition) is 2. The summed E-state index contributed by atoms with van der Waals surface area (Å²) in [6.45, 7) is 0. The van der Waals surface area contributed by atoms with Gasteiger partial charge < -0.3 is 11.1 Å². The highest BCUT2D eigenvalue weighted by Gasteiger charge is 2.15. The van der Waals surface area contributed by atoms with Crippen LogP contribution in [-0.2, 0) is 0 Å². The summed E-state index contributed by atoms with van der Waals surface area (Å²) in [5.74, 6) is 0.478. The van der Waals surface area contributed by atoms with Gasteiger partial charge >= 0.3 is 0 Å². The van der Waals surface area contributed by atoms with E-state index in [1.54, 1.807) is 0 Å². The number of nitro groups is 1. The fourth-order valence-corrected chi connectivity index (χ4v) is 2.47. The first-order valence-corrected chi connectivity index (χ1v) is 7.05. The minimum absolute atomic E-state index is 0.0737. The number of benzene rings is 2. The molecule has 0 saturated carbocycles. The molecule has 2 aromatic carbocycles. The molecule has 0 saturated heterocycles. The van der Waals surface area contributed by atoms with Gasteiger partial charge in [0.2, 0.25) is 0 Å². The van der Waals surface area contributed by atoms with Crippen molar-refractivity contribution in [2.45, 2.75) is 0 Å². The number of aromatic nitrogens is 2. The van der Waals surface area contributed by atoms with Gasteiger partial charge in [-0.25, -0.2) is 9.97 Å². The van der Waals surface area contributed by atoms with Gasteiger partial charge in [-0.15, -0.1) is 0 Å². The zero-order valence-corrected chi connectivity index (χ0v) is 12.7. The van der Waals surface area contributed by atoms with Gasteiger partial charge in [-0.05, 0) is 24.3 Å². The molecule has 110 valence electrons. The van der Waals surface area contributed by atoms with Crippen molar-refractivity contribution in [1.29, 1.82) is 0 Å². The van der Waals surface area contributed by atoms with Gasteiger partial charge in [-0.2, -0.15) is 0 Å². The SMILES string of the molecule is Nc1cc2ncnc(Nc3cccc(Br)c3)c2cc1[N+](=O)[O-]. The highest BCUT2D eigenvalue weighted by atomic mass is 79.9. The van der Waals surface area contributed by atoms with E-state index in [4.69, 9.17) is 5.73 Å². The average molecular weight is 360 g/mol. The van der Waals surface area contributed by atoms with Gasteiger partial charge in [0.05, 0.1) is 10.4 Å². The Morgan fingerprint density at radius 2 is 2.05 bits per heavy atom. The maximum Gasteiger partial charge on any atom is 0.293 e. The summed E-state index contributed by atoms with van der Waals surface area (Å²) in [5, 5.41) is 14.7. The van der Waals surface area contributed by atoms with Crippen LogP contribution >= 0.6 is 15.9 Å². The molecule has 0 aliphatic heterocycles. The van der Waals surface area contributed by atoms with E-state index < -0.39 is 4.92 Å². The maximum atomic E-state index is 11.0. The number of nitrogens with one attached hydrogen (secondary N) is 1. The molecule has 0 amide bonds. The van der Waals surface area contributed by atoms with Crippen molar-refractivity contribution in [3.05, 3.63) is 57.3 Å². The smallest absolute Gasteiger partial charge is 0.293 e. The van der Waals surface area contributed by atoms with E-state index >= 15 is 0 Å². The van der Waals surface area contributed by atoms with Crippen LogP contribution in [0.15, 0.2) is 47.2 Å². The van der Waals surface area contributed by atoms with Crippen LogP contribution in [0, 0.1) is 10.1 Å². The summed E-state index contributed by atoms with van der Waals surface area (Å²) in [4.78, 5) is 18.8. The zero-order valence-electron chi connectivity index (χ0n) is 11.2. The maximum absolute atomic E-state index is 11.0. The molecule has 8 heteroatoms. The number of rotatable bonds is 3. The predicted molar refractivity (Wildman–Crippen MR) is 88.0 cm³/mol. The Kier molecular flexibility index (Phi) is 3.60. The minimum Gasteiger partial charge on any atom is -0.393 e. The third-order valence-corrected chi connectivity index (χ3v) is 3.56. The number of nitrogens with zero attached hydrogens (tertiary/aromatic N) is 3. The molecule has 3 aromatic rings. The summed E-state index contributed by atoms with van der Waals surface area (Å²) in [7, 11) is 0.